The van der Waals surface area contributed by atoms with Crippen molar-refractivity contribution in [3.05, 3.63) is 24.3 Å². The summed E-state index contributed by atoms with van der Waals surface area (Å²) in [5, 5.41) is 0. The molecule has 0 N–H and O–H groups in total. The zero-order chi connectivity index (χ0) is 14.8. The number of hydrogen-bond acceptors (Lipinski definition) is 4. The highest BCUT2D eigenvalue weighted by atomic mass is 32.2. The maximum absolute atomic E-state index is 12.7. The van der Waals surface area contributed by atoms with Gasteiger partial charge in [0.1, 0.15) is 5.75 Å². The molecule has 1 heterocycles. The Labute approximate surface area is 120 Å². The maximum Gasteiger partial charge on any atom is 0.243 e. The Balaban J connectivity index is 2.29. The molecule has 1 aromatic carbocycles. The highest BCUT2D eigenvalue weighted by molar-refractivity contribution is 7.89. The highest BCUT2D eigenvalue weighted by Crippen LogP contribution is 2.25. The molecule has 5 nitrogen and oxygen atoms in total. The van der Waals surface area contributed by atoms with E-state index >= 15 is 0 Å². The molecule has 2 rings (SSSR count). The van der Waals surface area contributed by atoms with Crippen molar-refractivity contribution >= 4 is 10.0 Å². The molecule has 0 aromatic heterocycles. The first kappa shape index (κ1) is 15.3. The van der Waals surface area contributed by atoms with Gasteiger partial charge in [0.2, 0.25) is 10.0 Å². The number of rotatable bonds is 4. The van der Waals surface area contributed by atoms with E-state index in [1.54, 1.807) is 24.3 Å². The molecule has 1 fully saturated rings. The van der Waals surface area contributed by atoms with Gasteiger partial charge in [-0.15, -0.1) is 0 Å². The van der Waals surface area contributed by atoms with Crippen molar-refractivity contribution in [3.8, 4) is 5.75 Å². The van der Waals surface area contributed by atoms with Crippen molar-refractivity contribution in [1.29, 1.82) is 0 Å². The van der Waals surface area contributed by atoms with Gasteiger partial charge in [0.25, 0.3) is 0 Å². The fourth-order valence-corrected chi connectivity index (χ4v) is 4.25. The lowest BCUT2D eigenvalue weighted by Crippen LogP contribution is -2.52. The van der Waals surface area contributed by atoms with Gasteiger partial charge in [-0.3, -0.25) is 0 Å². The molecule has 1 aliphatic rings. The first-order valence-electron chi connectivity index (χ1n) is 6.81. The Bertz CT molecular complexity index is 531. The number of nitrogens with zero attached hydrogens (tertiary/aromatic N) is 1. The summed E-state index contributed by atoms with van der Waals surface area (Å²) in [6.07, 6.45) is 0. The first-order chi connectivity index (χ1) is 9.46. The lowest BCUT2D eigenvalue weighted by atomic mass is 10.2. The van der Waals surface area contributed by atoms with Crippen molar-refractivity contribution in [2.45, 2.75) is 37.8 Å². The third kappa shape index (κ3) is 2.97. The zero-order valence-electron chi connectivity index (χ0n) is 12.1. The van der Waals surface area contributed by atoms with Gasteiger partial charge in [-0.05, 0) is 45.0 Å². The fourth-order valence-electron chi connectivity index (χ4n) is 2.46. The molecule has 0 spiro atoms. The molecule has 112 valence electrons. The van der Waals surface area contributed by atoms with Crippen LogP contribution in [0.4, 0.5) is 0 Å². The summed E-state index contributed by atoms with van der Waals surface area (Å²) in [6.45, 7) is 7.04. The van der Waals surface area contributed by atoms with E-state index in [0.29, 0.717) is 30.5 Å². The Kier molecular flexibility index (Phi) is 4.67. The van der Waals surface area contributed by atoms with E-state index in [9.17, 15) is 8.42 Å². The molecule has 1 aliphatic heterocycles. The van der Waals surface area contributed by atoms with Crippen LogP contribution in [0, 0.1) is 0 Å². The van der Waals surface area contributed by atoms with Crippen LogP contribution in [0.15, 0.2) is 29.2 Å². The van der Waals surface area contributed by atoms with Crippen molar-refractivity contribution < 1.29 is 17.9 Å². The molecule has 0 radical (unpaired) electrons. The molecular formula is C14H21NO4S. The predicted octanol–water partition coefficient (Wildman–Crippen LogP) is 1.88. The number of morpholine rings is 1. The average Bonchev–Trinajstić information content (AvgIpc) is 2.39. The third-order valence-electron chi connectivity index (χ3n) is 3.30. The molecule has 1 saturated heterocycles. The molecule has 2 atom stereocenters. The van der Waals surface area contributed by atoms with Gasteiger partial charge in [0.05, 0.1) is 24.7 Å². The zero-order valence-corrected chi connectivity index (χ0v) is 12.9. The predicted molar refractivity (Wildman–Crippen MR) is 76.4 cm³/mol. The number of benzene rings is 1. The minimum Gasteiger partial charge on any atom is -0.494 e. The smallest absolute Gasteiger partial charge is 0.243 e. The monoisotopic (exact) mass is 299 g/mol. The maximum atomic E-state index is 12.7. The van der Waals surface area contributed by atoms with Crippen LogP contribution < -0.4 is 4.74 Å². The lowest BCUT2D eigenvalue weighted by molar-refractivity contribution is 0.00636. The summed E-state index contributed by atoms with van der Waals surface area (Å²) in [7, 11) is -3.49. The van der Waals surface area contributed by atoms with Gasteiger partial charge < -0.3 is 9.47 Å². The SMILES string of the molecule is CCOc1ccc(S(=O)(=O)N2C(C)COCC2C)cc1. The van der Waals surface area contributed by atoms with Crippen molar-refractivity contribution in [2.75, 3.05) is 19.8 Å². The van der Waals surface area contributed by atoms with Gasteiger partial charge >= 0.3 is 0 Å². The Morgan fingerprint density at radius 1 is 1.20 bits per heavy atom. The molecule has 20 heavy (non-hydrogen) atoms. The number of sulfonamides is 1. The van der Waals surface area contributed by atoms with E-state index in [0.717, 1.165) is 0 Å². The summed E-state index contributed by atoms with van der Waals surface area (Å²) < 4.78 is 37.7. The van der Waals surface area contributed by atoms with Crippen LogP contribution in [0.2, 0.25) is 0 Å². The largest absolute Gasteiger partial charge is 0.494 e. The van der Waals surface area contributed by atoms with Crippen LogP contribution in [0.25, 0.3) is 0 Å². The van der Waals surface area contributed by atoms with E-state index in [4.69, 9.17) is 9.47 Å². The summed E-state index contributed by atoms with van der Waals surface area (Å²) in [5.41, 5.74) is 0. The normalized spacial score (nSPS) is 24.6. The number of ether oxygens (including phenoxy) is 2. The molecule has 0 saturated carbocycles. The third-order valence-corrected chi connectivity index (χ3v) is 5.44. The molecule has 6 heteroatoms. The van der Waals surface area contributed by atoms with Crippen LogP contribution in [-0.4, -0.2) is 44.6 Å². The number of hydrogen-bond donors (Lipinski definition) is 0. The van der Waals surface area contributed by atoms with E-state index in [1.165, 1.54) is 4.31 Å². The second-order valence-electron chi connectivity index (χ2n) is 4.97. The van der Waals surface area contributed by atoms with E-state index in [2.05, 4.69) is 0 Å². The second kappa shape index (κ2) is 6.11. The fraction of sp³-hybridized carbons (Fsp3) is 0.571. The Morgan fingerprint density at radius 3 is 2.25 bits per heavy atom. The minimum atomic E-state index is -3.49. The van der Waals surface area contributed by atoms with Crippen molar-refractivity contribution in [3.63, 3.8) is 0 Å². The van der Waals surface area contributed by atoms with E-state index in [1.807, 2.05) is 20.8 Å². The molecular weight excluding hydrogens is 278 g/mol. The van der Waals surface area contributed by atoms with Crippen LogP contribution in [0.3, 0.4) is 0 Å². The summed E-state index contributed by atoms with van der Waals surface area (Å²) >= 11 is 0. The van der Waals surface area contributed by atoms with Gasteiger partial charge in [0.15, 0.2) is 0 Å². The van der Waals surface area contributed by atoms with Crippen LogP contribution in [-0.2, 0) is 14.8 Å². The Hall–Kier alpha value is -1.11. The summed E-state index contributed by atoms with van der Waals surface area (Å²) in [4.78, 5) is 0.293. The summed E-state index contributed by atoms with van der Waals surface area (Å²) in [6, 6.07) is 6.24. The highest BCUT2D eigenvalue weighted by Gasteiger charge is 2.36. The second-order valence-corrected chi connectivity index (χ2v) is 6.82. The average molecular weight is 299 g/mol. The molecule has 1 aromatic rings. The topological polar surface area (TPSA) is 55.8 Å². The van der Waals surface area contributed by atoms with Gasteiger partial charge in [-0.1, -0.05) is 0 Å². The van der Waals surface area contributed by atoms with Crippen molar-refractivity contribution in [2.24, 2.45) is 0 Å². The lowest BCUT2D eigenvalue weighted by Gasteiger charge is -2.37. The quantitative estimate of drug-likeness (QED) is 0.852. The first-order valence-corrected chi connectivity index (χ1v) is 8.25. The van der Waals surface area contributed by atoms with E-state index in [-0.39, 0.29) is 12.1 Å². The van der Waals surface area contributed by atoms with Crippen molar-refractivity contribution in [1.82, 2.24) is 4.31 Å². The van der Waals surface area contributed by atoms with Crippen LogP contribution >= 0.6 is 0 Å². The molecule has 0 bridgehead atoms. The van der Waals surface area contributed by atoms with Gasteiger partial charge in [0, 0.05) is 12.1 Å². The van der Waals surface area contributed by atoms with Gasteiger partial charge in [-0.2, -0.15) is 4.31 Å². The Morgan fingerprint density at radius 2 is 1.75 bits per heavy atom. The van der Waals surface area contributed by atoms with E-state index < -0.39 is 10.0 Å². The van der Waals surface area contributed by atoms with Crippen LogP contribution in [0.5, 0.6) is 5.75 Å². The summed E-state index contributed by atoms with van der Waals surface area (Å²) in [5.74, 6) is 0.675. The minimum absolute atomic E-state index is 0.157. The molecule has 2 unspecified atom stereocenters. The van der Waals surface area contributed by atoms with Crippen LogP contribution in [0.1, 0.15) is 20.8 Å². The van der Waals surface area contributed by atoms with Gasteiger partial charge in [-0.25, -0.2) is 8.42 Å². The molecule has 0 aliphatic carbocycles. The standard InChI is InChI=1S/C14H21NO4S/c1-4-19-13-5-7-14(8-6-13)20(16,17)15-11(2)9-18-10-12(15)3/h5-8,11-12H,4,9-10H2,1-3H3. The molecule has 0 amide bonds.